The van der Waals surface area contributed by atoms with E-state index in [2.05, 4.69) is 21.3 Å². The van der Waals surface area contributed by atoms with Gasteiger partial charge in [0.1, 0.15) is 23.5 Å². The Balaban J connectivity index is 0.963. The Bertz CT molecular complexity index is 1590. The number of ether oxygens (including phenoxy) is 2. The first kappa shape index (κ1) is 36.8. The Morgan fingerprint density at radius 3 is 1.33 bits per heavy atom. The van der Waals surface area contributed by atoms with Crippen LogP contribution in [0.1, 0.15) is 112 Å². The third kappa shape index (κ3) is 8.71. The minimum Gasteiger partial charge on any atom is -0.444 e. The molecule has 6 rings (SSSR count). The van der Waals surface area contributed by atoms with E-state index in [0.717, 1.165) is 48.2 Å². The number of rotatable bonds is 9. The van der Waals surface area contributed by atoms with E-state index in [1.54, 1.807) is 34.1 Å². The highest BCUT2D eigenvalue weighted by molar-refractivity contribution is 6.02. The summed E-state index contributed by atoms with van der Waals surface area (Å²) in [5, 5.41) is 13.7. The van der Waals surface area contributed by atoms with Gasteiger partial charge in [0.25, 0.3) is 0 Å². The summed E-state index contributed by atoms with van der Waals surface area (Å²) in [6.07, 6.45) is 6.71. The zero-order valence-electron chi connectivity index (χ0n) is 31.1. The second kappa shape index (κ2) is 14.9. The first-order valence-corrected chi connectivity index (χ1v) is 18.4. The second-order valence-electron chi connectivity index (χ2n) is 16.0. The molecule has 2 fully saturated rings. The smallest absolute Gasteiger partial charge is 0.410 e. The van der Waals surface area contributed by atoms with Crippen molar-refractivity contribution in [3.63, 3.8) is 0 Å². The molecule has 0 aromatic heterocycles. The van der Waals surface area contributed by atoms with Crippen molar-refractivity contribution < 1.29 is 28.7 Å². The molecule has 12 nitrogen and oxygen atoms in total. The van der Waals surface area contributed by atoms with Gasteiger partial charge in [-0.05, 0) is 78.4 Å². The summed E-state index contributed by atoms with van der Waals surface area (Å²) >= 11 is 0. The maximum atomic E-state index is 13.0. The quantitative estimate of drug-likeness (QED) is 0.230. The SMILES string of the molecule is CC(C)(C)OC(=O)N1CCC[C@H]1C1NC=C(c2ccc(C(=O)CCC(=O)c3ccc(C4=CNC([C@@H]5CCCN5C(=O)OC(C)(C)C)N4)cc3)cc2)N1. The number of likely N-dealkylation sites (tertiary alicyclic amines) is 2. The number of benzene rings is 2. The van der Waals surface area contributed by atoms with Crippen molar-refractivity contribution in [3.05, 3.63) is 83.2 Å². The van der Waals surface area contributed by atoms with Crippen LogP contribution in [0.15, 0.2) is 60.9 Å². The fourth-order valence-electron chi connectivity index (χ4n) is 7.16. The molecule has 0 spiro atoms. The van der Waals surface area contributed by atoms with E-state index in [1.807, 2.05) is 78.2 Å². The van der Waals surface area contributed by atoms with Crippen molar-refractivity contribution in [2.45, 2.75) is 116 Å². The predicted octanol–water partition coefficient (Wildman–Crippen LogP) is 5.97. The number of ketones is 2. The van der Waals surface area contributed by atoms with Crippen LogP contribution in [0.3, 0.4) is 0 Å². The number of carbonyl (C=O) groups is 4. The summed E-state index contributed by atoms with van der Waals surface area (Å²) in [5.41, 5.74) is 3.60. The van der Waals surface area contributed by atoms with Gasteiger partial charge in [-0.3, -0.25) is 9.59 Å². The Morgan fingerprint density at radius 1 is 0.615 bits per heavy atom. The van der Waals surface area contributed by atoms with E-state index in [-0.39, 0.29) is 61.0 Å². The van der Waals surface area contributed by atoms with E-state index in [9.17, 15) is 19.2 Å². The molecular weight excluding hydrogens is 660 g/mol. The van der Waals surface area contributed by atoms with Crippen LogP contribution < -0.4 is 21.3 Å². The minimum absolute atomic E-state index is 0.0423. The number of amides is 2. The molecule has 278 valence electrons. The van der Waals surface area contributed by atoms with Crippen molar-refractivity contribution in [3.8, 4) is 0 Å². The fourth-order valence-corrected chi connectivity index (χ4v) is 7.16. The third-order valence-electron chi connectivity index (χ3n) is 9.68. The molecule has 12 heteroatoms. The molecule has 4 heterocycles. The van der Waals surface area contributed by atoms with Gasteiger partial charge in [-0.15, -0.1) is 0 Å². The van der Waals surface area contributed by atoms with Gasteiger partial charge >= 0.3 is 12.2 Å². The first-order chi connectivity index (χ1) is 24.6. The summed E-state index contributed by atoms with van der Waals surface area (Å²) in [6, 6.07) is 14.6. The molecule has 2 unspecified atom stereocenters. The van der Waals surface area contributed by atoms with Crippen LogP contribution in [-0.4, -0.2) is 82.3 Å². The van der Waals surface area contributed by atoms with Crippen molar-refractivity contribution >= 4 is 35.1 Å². The number of nitrogens with one attached hydrogen (secondary N) is 4. The van der Waals surface area contributed by atoms with E-state index in [4.69, 9.17) is 9.47 Å². The molecule has 2 aromatic rings. The van der Waals surface area contributed by atoms with Gasteiger partial charge in [0.05, 0.1) is 23.5 Å². The summed E-state index contributed by atoms with van der Waals surface area (Å²) in [4.78, 5) is 55.2. The van der Waals surface area contributed by atoms with Gasteiger partial charge in [0.2, 0.25) is 0 Å². The Labute approximate surface area is 306 Å². The lowest BCUT2D eigenvalue weighted by molar-refractivity contribution is 0.0186. The zero-order chi connectivity index (χ0) is 37.2. The summed E-state index contributed by atoms with van der Waals surface area (Å²) in [6.45, 7) is 12.5. The lowest BCUT2D eigenvalue weighted by Crippen LogP contribution is -2.52. The monoisotopic (exact) mass is 712 g/mol. The van der Waals surface area contributed by atoms with Crippen molar-refractivity contribution in [1.29, 1.82) is 0 Å². The molecule has 4 N–H and O–H groups in total. The van der Waals surface area contributed by atoms with Gasteiger partial charge in [0, 0.05) is 49.5 Å². The average Bonchev–Trinajstić information content (AvgIpc) is 3.92. The van der Waals surface area contributed by atoms with Crippen LogP contribution in [-0.2, 0) is 9.47 Å². The first-order valence-electron chi connectivity index (χ1n) is 18.4. The normalized spacial score (nSPS) is 22.8. The number of nitrogens with zero attached hydrogens (tertiary/aromatic N) is 2. The van der Waals surface area contributed by atoms with E-state index < -0.39 is 11.2 Å². The molecule has 0 radical (unpaired) electrons. The lowest BCUT2D eigenvalue weighted by atomic mass is 9.99. The number of Topliss-reactive ketones (excluding diaryl/α,β-unsaturated/α-hetero) is 2. The second-order valence-corrected chi connectivity index (χ2v) is 16.0. The maximum absolute atomic E-state index is 13.0. The summed E-state index contributed by atoms with van der Waals surface area (Å²) < 4.78 is 11.2. The van der Waals surface area contributed by atoms with Crippen LogP contribution in [0.5, 0.6) is 0 Å². The third-order valence-corrected chi connectivity index (χ3v) is 9.68. The Morgan fingerprint density at radius 2 is 0.981 bits per heavy atom. The highest BCUT2D eigenvalue weighted by atomic mass is 16.6. The van der Waals surface area contributed by atoms with Gasteiger partial charge in [-0.1, -0.05) is 48.5 Å². The number of hydrogen-bond acceptors (Lipinski definition) is 10. The van der Waals surface area contributed by atoms with E-state index >= 15 is 0 Å². The molecule has 4 atom stereocenters. The van der Waals surface area contributed by atoms with Gasteiger partial charge in [-0.2, -0.15) is 0 Å². The van der Waals surface area contributed by atoms with Gasteiger partial charge in [0.15, 0.2) is 11.6 Å². The molecule has 0 aliphatic carbocycles. The molecule has 2 aromatic carbocycles. The van der Waals surface area contributed by atoms with E-state index in [1.165, 1.54) is 0 Å². The molecule has 4 aliphatic rings. The van der Waals surface area contributed by atoms with Crippen molar-refractivity contribution in [1.82, 2.24) is 31.1 Å². The van der Waals surface area contributed by atoms with Crippen LogP contribution in [0.4, 0.5) is 9.59 Å². The molecule has 4 aliphatic heterocycles. The topological polar surface area (TPSA) is 141 Å². The van der Waals surface area contributed by atoms with Crippen LogP contribution >= 0.6 is 0 Å². The van der Waals surface area contributed by atoms with Crippen molar-refractivity contribution in [2.24, 2.45) is 0 Å². The molecule has 2 saturated heterocycles. The number of carbonyl (C=O) groups excluding carboxylic acids is 4. The Kier molecular flexibility index (Phi) is 10.6. The molecular formula is C40H52N6O6. The fraction of sp³-hybridized carbons (Fsp3) is 0.500. The predicted molar refractivity (Wildman–Crippen MR) is 199 cm³/mol. The summed E-state index contributed by atoms with van der Waals surface area (Å²) in [7, 11) is 0. The largest absolute Gasteiger partial charge is 0.444 e. The average molecular weight is 713 g/mol. The minimum atomic E-state index is -0.553. The standard InChI is InChI=1S/C40H52N6O6/c1-39(2,3)51-37(49)45-21-7-9-31(45)35-41-23-29(43-35)25-11-15-27(16-12-25)33(47)19-20-34(48)28-17-13-26(14-18-28)30-24-42-36(44-30)32-10-8-22-46(32)38(50)52-40(4,5)6/h11-18,23-24,31-32,35-36,41-44H,7-10,19-22H2,1-6H3/t31-,32-,35?,36?/m0/s1. The van der Waals surface area contributed by atoms with Crippen LogP contribution in [0.25, 0.3) is 11.4 Å². The molecule has 2 amide bonds. The molecule has 0 saturated carbocycles. The number of hydrogen-bond donors (Lipinski definition) is 4. The van der Waals surface area contributed by atoms with Crippen molar-refractivity contribution in [2.75, 3.05) is 13.1 Å². The maximum Gasteiger partial charge on any atom is 0.410 e. The highest BCUT2D eigenvalue weighted by Crippen LogP contribution is 2.28. The highest BCUT2D eigenvalue weighted by Gasteiger charge is 2.40. The molecule has 52 heavy (non-hydrogen) atoms. The van der Waals surface area contributed by atoms with Crippen LogP contribution in [0, 0.1) is 0 Å². The van der Waals surface area contributed by atoms with Crippen LogP contribution in [0.2, 0.25) is 0 Å². The van der Waals surface area contributed by atoms with Gasteiger partial charge in [-0.25, -0.2) is 9.59 Å². The lowest BCUT2D eigenvalue weighted by Gasteiger charge is -2.32. The summed E-state index contributed by atoms with van der Waals surface area (Å²) in [5.74, 6) is -0.186. The van der Waals surface area contributed by atoms with Gasteiger partial charge < -0.3 is 40.5 Å². The Hall–Kier alpha value is -5.00. The molecule has 0 bridgehead atoms. The zero-order valence-corrected chi connectivity index (χ0v) is 31.1. The van der Waals surface area contributed by atoms with E-state index in [0.29, 0.717) is 24.2 Å².